The van der Waals surface area contributed by atoms with Crippen LogP contribution in [0.3, 0.4) is 0 Å². The van der Waals surface area contributed by atoms with Gasteiger partial charge in [0.25, 0.3) is 0 Å². The minimum atomic E-state index is -0.511. The molecule has 0 amide bonds. The summed E-state index contributed by atoms with van der Waals surface area (Å²) < 4.78 is 11.1. The maximum absolute atomic E-state index is 5.87. The Morgan fingerprint density at radius 3 is 2.93 bits per heavy atom. The summed E-state index contributed by atoms with van der Waals surface area (Å²) >= 11 is 0. The molecule has 3 heteroatoms. The van der Waals surface area contributed by atoms with Crippen molar-refractivity contribution >= 4 is 0 Å². The van der Waals surface area contributed by atoms with Crippen LogP contribution < -0.4 is 5.73 Å². The van der Waals surface area contributed by atoms with Gasteiger partial charge in [0.1, 0.15) is 0 Å². The summed E-state index contributed by atoms with van der Waals surface area (Å²) in [6.07, 6.45) is 6.50. The van der Waals surface area contributed by atoms with Crippen LogP contribution in [0.15, 0.2) is 24.8 Å². The van der Waals surface area contributed by atoms with Gasteiger partial charge in [-0.05, 0) is 20.3 Å². The second kappa shape index (κ2) is 4.73. The normalized spacial score (nSPS) is 31.9. The van der Waals surface area contributed by atoms with Gasteiger partial charge in [-0.1, -0.05) is 24.8 Å². The second-order valence-electron chi connectivity index (χ2n) is 3.93. The average molecular weight is 197 g/mol. The van der Waals surface area contributed by atoms with Gasteiger partial charge in [-0.3, -0.25) is 0 Å². The predicted octanol–water partition coefficient (Wildman–Crippen LogP) is 1.60. The van der Waals surface area contributed by atoms with Gasteiger partial charge >= 0.3 is 0 Å². The smallest absolute Gasteiger partial charge is 0.163 e. The molecule has 14 heavy (non-hydrogen) atoms. The molecule has 0 saturated carbocycles. The van der Waals surface area contributed by atoms with Gasteiger partial charge in [-0.25, -0.2) is 0 Å². The van der Waals surface area contributed by atoms with Crippen LogP contribution in [-0.4, -0.2) is 24.5 Å². The first-order chi connectivity index (χ1) is 6.55. The lowest BCUT2D eigenvalue weighted by Crippen LogP contribution is -2.52. The van der Waals surface area contributed by atoms with E-state index in [9.17, 15) is 0 Å². The molecule has 1 fully saturated rings. The highest BCUT2D eigenvalue weighted by atomic mass is 16.7. The number of nitrogens with two attached hydrogens (primary N) is 1. The molecule has 2 unspecified atom stereocenters. The number of ether oxygens (including phenoxy) is 2. The first kappa shape index (κ1) is 11.4. The molecule has 2 atom stereocenters. The van der Waals surface area contributed by atoms with Gasteiger partial charge in [0.15, 0.2) is 5.79 Å². The Hall–Kier alpha value is -0.640. The van der Waals surface area contributed by atoms with E-state index in [-0.39, 0.29) is 12.1 Å². The lowest BCUT2D eigenvalue weighted by molar-refractivity contribution is -0.278. The number of allylic oxidation sites excluding steroid dienone is 2. The number of hydrogen-bond acceptors (Lipinski definition) is 3. The quantitative estimate of drug-likeness (QED) is 0.699. The summed E-state index contributed by atoms with van der Waals surface area (Å²) in [5.41, 5.74) is 5.87. The first-order valence-electron chi connectivity index (χ1n) is 4.90. The molecule has 0 spiro atoms. The first-order valence-corrected chi connectivity index (χ1v) is 4.90. The van der Waals surface area contributed by atoms with Crippen molar-refractivity contribution in [3.05, 3.63) is 24.8 Å². The molecule has 0 aliphatic carbocycles. The van der Waals surface area contributed by atoms with Crippen LogP contribution in [0, 0.1) is 0 Å². The minimum absolute atomic E-state index is 0.0370. The molecule has 1 aliphatic heterocycles. The zero-order valence-corrected chi connectivity index (χ0v) is 8.90. The fourth-order valence-electron chi connectivity index (χ4n) is 1.42. The summed E-state index contributed by atoms with van der Waals surface area (Å²) in [5.74, 6) is -0.511. The van der Waals surface area contributed by atoms with Crippen molar-refractivity contribution in [2.45, 2.75) is 38.2 Å². The van der Waals surface area contributed by atoms with Gasteiger partial charge < -0.3 is 15.2 Å². The van der Waals surface area contributed by atoms with E-state index < -0.39 is 5.79 Å². The van der Waals surface area contributed by atoms with E-state index in [1.165, 1.54) is 0 Å². The van der Waals surface area contributed by atoms with E-state index in [4.69, 9.17) is 15.2 Å². The van der Waals surface area contributed by atoms with E-state index in [1.54, 1.807) is 6.08 Å². The van der Waals surface area contributed by atoms with E-state index in [0.717, 1.165) is 6.42 Å². The van der Waals surface area contributed by atoms with Crippen LogP contribution >= 0.6 is 0 Å². The Morgan fingerprint density at radius 1 is 1.57 bits per heavy atom. The number of rotatable bonds is 3. The van der Waals surface area contributed by atoms with Crippen LogP contribution in [0.2, 0.25) is 0 Å². The molecule has 2 N–H and O–H groups in total. The van der Waals surface area contributed by atoms with E-state index in [2.05, 4.69) is 6.58 Å². The monoisotopic (exact) mass is 197 g/mol. The van der Waals surface area contributed by atoms with Gasteiger partial charge in [0.2, 0.25) is 0 Å². The Balaban J connectivity index is 2.48. The molecule has 0 aromatic carbocycles. The van der Waals surface area contributed by atoms with E-state index in [1.807, 2.05) is 26.0 Å². The largest absolute Gasteiger partial charge is 0.349 e. The van der Waals surface area contributed by atoms with Crippen LogP contribution in [0.25, 0.3) is 0 Å². The van der Waals surface area contributed by atoms with Gasteiger partial charge in [-0.2, -0.15) is 0 Å². The maximum Gasteiger partial charge on any atom is 0.163 e. The van der Waals surface area contributed by atoms with Crippen molar-refractivity contribution in [2.24, 2.45) is 5.73 Å². The molecule has 3 nitrogen and oxygen atoms in total. The van der Waals surface area contributed by atoms with Crippen LogP contribution in [0.1, 0.15) is 20.3 Å². The third kappa shape index (κ3) is 3.25. The number of hydrogen-bond donors (Lipinski definition) is 1. The SMILES string of the molecule is C=C/C=C/CC1OC(C)(C)OCC1N. The van der Waals surface area contributed by atoms with Crippen molar-refractivity contribution in [1.29, 1.82) is 0 Å². The highest BCUT2D eigenvalue weighted by Gasteiger charge is 2.33. The van der Waals surface area contributed by atoms with E-state index in [0.29, 0.717) is 6.61 Å². The fourth-order valence-corrected chi connectivity index (χ4v) is 1.42. The van der Waals surface area contributed by atoms with Crippen LogP contribution in [-0.2, 0) is 9.47 Å². The third-order valence-corrected chi connectivity index (χ3v) is 2.18. The van der Waals surface area contributed by atoms with E-state index >= 15 is 0 Å². The van der Waals surface area contributed by atoms with Crippen molar-refractivity contribution in [3.63, 3.8) is 0 Å². The molecule has 1 aliphatic rings. The molecule has 0 bridgehead atoms. The summed E-state index contributed by atoms with van der Waals surface area (Å²) in [6.45, 7) is 7.97. The Labute approximate surface area is 85.6 Å². The lowest BCUT2D eigenvalue weighted by atomic mass is 10.1. The van der Waals surface area contributed by atoms with Crippen molar-refractivity contribution in [1.82, 2.24) is 0 Å². The molecular weight excluding hydrogens is 178 g/mol. The second-order valence-corrected chi connectivity index (χ2v) is 3.93. The predicted molar refractivity (Wildman–Crippen MR) is 56.8 cm³/mol. The molecule has 1 heterocycles. The molecule has 0 aromatic heterocycles. The van der Waals surface area contributed by atoms with Gasteiger partial charge in [0, 0.05) is 0 Å². The molecular formula is C11H19NO2. The molecule has 1 saturated heterocycles. The summed E-state index contributed by atoms with van der Waals surface area (Å²) in [4.78, 5) is 0. The zero-order valence-electron chi connectivity index (χ0n) is 8.90. The maximum atomic E-state index is 5.87. The minimum Gasteiger partial charge on any atom is -0.349 e. The molecule has 80 valence electrons. The van der Waals surface area contributed by atoms with Gasteiger partial charge in [-0.15, -0.1) is 0 Å². The Bertz CT molecular complexity index is 223. The molecule has 1 rings (SSSR count). The fraction of sp³-hybridized carbons (Fsp3) is 0.636. The van der Waals surface area contributed by atoms with Gasteiger partial charge in [0.05, 0.1) is 18.8 Å². The van der Waals surface area contributed by atoms with Crippen molar-refractivity contribution in [3.8, 4) is 0 Å². The third-order valence-electron chi connectivity index (χ3n) is 2.18. The zero-order chi connectivity index (χ0) is 10.6. The Morgan fingerprint density at radius 2 is 2.29 bits per heavy atom. The average Bonchev–Trinajstić information content (AvgIpc) is 2.11. The highest BCUT2D eigenvalue weighted by molar-refractivity contribution is 4.99. The topological polar surface area (TPSA) is 44.5 Å². The summed E-state index contributed by atoms with van der Waals surface area (Å²) in [7, 11) is 0. The summed E-state index contributed by atoms with van der Waals surface area (Å²) in [5, 5.41) is 0. The summed E-state index contributed by atoms with van der Waals surface area (Å²) in [6, 6.07) is -0.0440. The Kier molecular flexibility index (Phi) is 3.86. The van der Waals surface area contributed by atoms with Crippen LogP contribution in [0.4, 0.5) is 0 Å². The molecule has 0 aromatic rings. The standard InChI is InChI=1S/C11H19NO2/c1-4-5-6-7-10-9(12)8-13-11(2,3)14-10/h4-6,9-10H,1,7-8,12H2,2-3H3/b6-5+. The molecule has 0 radical (unpaired) electrons. The van der Waals surface area contributed by atoms with Crippen molar-refractivity contribution < 1.29 is 9.47 Å². The van der Waals surface area contributed by atoms with Crippen molar-refractivity contribution in [2.75, 3.05) is 6.61 Å². The highest BCUT2D eigenvalue weighted by Crippen LogP contribution is 2.23. The lowest BCUT2D eigenvalue weighted by Gasteiger charge is -2.39. The van der Waals surface area contributed by atoms with Crippen LogP contribution in [0.5, 0.6) is 0 Å².